The normalized spacial score (nSPS) is 15.8. The number of benzene rings is 3. The minimum Gasteiger partial charge on any atom is -0.476 e. The first-order valence-electron chi connectivity index (χ1n) is 10.1. The maximum Gasteiger partial charge on any atom is 0.267 e. The Kier molecular flexibility index (Phi) is 5.69. The Labute approximate surface area is 182 Å². The van der Waals surface area contributed by atoms with Gasteiger partial charge in [0.1, 0.15) is 5.75 Å². The molecule has 1 heterocycles. The molecule has 6 nitrogen and oxygen atoms in total. The van der Waals surface area contributed by atoms with Gasteiger partial charge in [0.15, 0.2) is 6.10 Å². The molecule has 0 fully saturated rings. The predicted octanol–water partition coefficient (Wildman–Crippen LogP) is 4.41. The molecular weight excluding hydrogens is 412 g/mol. The Morgan fingerprint density at radius 1 is 0.968 bits per heavy atom. The topological polar surface area (TPSA) is 75.7 Å². The molecule has 0 radical (unpaired) electrons. The van der Waals surface area contributed by atoms with Gasteiger partial charge in [0.05, 0.1) is 17.1 Å². The maximum absolute atomic E-state index is 13.3. The Bertz CT molecular complexity index is 1180. The van der Waals surface area contributed by atoms with E-state index in [1.54, 1.807) is 54.6 Å². The van der Waals surface area contributed by atoms with Crippen LogP contribution in [0.2, 0.25) is 0 Å². The van der Waals surface area contributed by atoms with E-state index in [0.29, 0.717) is 23.0 Å². The molecule has 1 atom stereocenters. The van der Waals surface area contributed by atoms with E-state index in [-0.39, 0.29) is 11.4 Å². The van der Waals surface area contributed by atoms with Crippen molar-refractivity contribution in [3.05, 3.63) is 84.4 Å². The minimum atomic E-state index is -3.86. The average Bonchev–Trinajstić information content (AvgIpc) is 2.79. The smallest absolute Gasteiger partial charge is 0.267 e. The summed E-state index contributed by atoms with van der Waals surface area (Å²) < 4.78 is 33.7. The van der Waals surface area contributed by atoms with Crippen molar-refractivity contribution in [3.8, 4) is 5.75 Å². The van der Waals surface area contributed by atoms with Crippen LogP contribution in [0.4, 0.5) is 11.4 Å². The number of fused-ring (bicyclic) bond motifs is 1. The molecule has 0 aliphatic carbocycles. The van der Waals surface area contributed by atoms with Crippen molar-refractivity contribution in [1.29, 1.82) is 0 Å². The molecule has 160 valence electrons. The number of carbonyl (C=O) groups is 1. The molecule has 3 aromatic rings. The molecule has 4 rings (SSSR count). The van der Waals surface area contributed by atoms with Crippen molar-refractivity contribution in [1.82, 2.24) is 0 Å². The molecule has 7 heteroatoms. The van der Waals surface area contributed by atoms with Crippen molar-refractivity contribution in [2.45, 2.75) is 30.8 Å². The van der Waals surface area contributed by atoms with Gasteiger partial charge in [-0.15, -0.1) is 0 Å². The monoisotopic (exact) mass is 436 g/mol. The highest BCUT2D eigenvalue weighted by Gasteiger charge is 2.37. The van der Waals surface area contributed by atoms with Gasteiger partial charge in [-0.2, -0.15) is 0 Å². The number of hydrogen-bond acceptors (Lipinski definition) is 4. The summed E-state index contributed by atoms with van der Waals surface area (Å²) in [6.45, 7) is 4.08. The van der Waals surface area contributed by atoms with Crippen LogP contribution in [0, 0.1) is 0 Å². The lowest BCUT2D eigenvalue weighted by molar-refractivity contribution is -0.122. The highest BCUT2D eigenvalue weighted by Crippen LogP contribution is 2.37. The number of amides is 1. The standard InChI is InChI=1S/C24H24N2O4S/c1-17(2)18-12-14-19(15-13-18)25-24(27)23-16-26(21-10-6-7-11-22(21)30-23)31(28,29)20-8-4-3-5-9-20/h3-15,17,23H,16H2,1-2H3,(H,25,27)/t23-/m1/s1. The summed E-state index contributed by atoms with van der Waals surface area (Å²) in [7, 11) is -3.86. The van der Waals surface area contributed by atoms with Gasteiger partial charge in [-0.25, -0.2) is 8.42 Å². The zero-order chi connectivity index (χ0) is 22.0. The van der Waals surface area contributed by atoms with Crippen molar-refractivity contribution in [2.75, 3.05) is 16.2 Å². The lowest BCUT2D eigenvalue weighted by Crippen LogP contribution is -2.48. The van der Waals surface area contributed by atoms with E-state index in [0.717, 1.165) is 0 Å². The number of ether oxygens (including phenoxy) is 1. The number of sulfonamides is 1. The van der Waals surface area contributed by atoms with Crippen LogP contribution in [-0.4, -0.2) is 27.0 Å². The minimum absolute atomic E-state index is 0.121. The number of nitrogens with zero attached hydrogens (tertiary/aromatic N) is 1. The zero-order valence-electron chi connectivity index (χ0n) is 17.4. The molecule has 1 aliphatic heterocycles. The Hall–Kier alpha value is -3.32. The fourth-order valence-corrected chi connectivity index (χ4v) is 4.96. The number of nitrogens with one attached hydrogen (secondary N) is 1. The quantitative estimate of drug-likeness (QED) is 0.643. The van der Waals surface area contributed by atoms with Crippen LogP contribution in [0.15, 0.2) is 83.8 Å². The van der Waals surface area contributed by atoms with Crippen LogP contribution in [-0.2, 0) is 14.8 Å². The third-order valence-electron chi connectivity index (χ3n) is 5.20. The van der Waals surface area contributed by atoms with Crippen molar-refractivity contribution in [2.24, 2.45) is 0 Å². The third kappa shape index (κ3) is 4.27. The third-order valence-corrected chi connectivity index (χ3v) is 7.00. The highest BCUT2D eigenvalue weighted by atomic mass is 32.2. The van der Waals surface area contributed by atoms with Crippen molar-refractivity contribution < 1.29 is 17.9 Å². The average molecular weight is 437 g/mol. The van der Waals surface area contributed by atoms with Gasteiger partial charge in [0.25, 0.3) is 15.9 Å². The van der Waals surface area contributed by atoms with E-state index in [9.17, 15) is 13.2 Å². The molecule has 3 aromatic carbocycles. The molecule has 0 saturated heterocycles. The van der Waals surface area contributed by atoms with E-state index < -0.39 is 22.0 Å². The maximum atomic E-state index is 13.3. The van der Waals surface area contributed by atoms with Crippen LogP contribution in [0.3, 0.4) is 0 Å². The van der Waals surface area contributed by atoms with Gasteiger partial charge >= 0.3 is 0 Å². The summed E-state index contributed by atoms with van der Waals surface area (Å²) in [5.41, 5.74) is 2.21. The Morgan fingerprint density at radius 3 is 2.29 bits per heavy atom. The number of para-hydroxylation sites is 2. The molecule has 0 unspecified atom stereocenters. The number of carbonyl (C=O) groups excluding carboxylic acids is 1. The lowest BCUT2D eigenvalue weighted by atomic mass is 10.0. The first-order valence-corrected chi connectivity index (χ1v) is 11.5. The van der Waals surface area contributed by atoms with E-state index in [1.807, 2.05) is 24.3 Å². The molecule has 1 amide bonds. The molecule has 1 aliphatic rings. The Balaban J connectivity index is 1.61. The van der Waals surface area contributed by atoms with E-state index in [4.69, 9.17) is 4.74 Å². The van der Waals surface area contributed by atoms with Gasteiger partial charge in [-0.3, -0.25) is 9.10 Å². The van der Waals surface area contributed by atoms with E-state index in [1.165, 1.54) is 9.87 Å². The SMILES string of the molecule is CC(C)c1ccc(NC(=O)[C@H]2CN(S(=O)(=O)c3ccccc3)c3ccccc3O2)cc1. The molecular formula is C24H24N2O4S. The van der Waals surface area contributed by atoms with Crippen LogP contribution in [0.25, 0.3) is 0 Å². The summed E-state index contributed by atoms with van der Waals surface area (Å²) in [6.07, 6.45) is -0.988. The second-order valence-corrected chi connectivity index (χ2v) is 9.55. The second kappa shape index (κ2) is 8.43. The predicted molar refractivity (Wildman–Crippen MR) is 121 cm³/mol. The summed E-state index contributed by atoms with van der Waals surface area (Å²) >= 11 is 0. The summed E-state index contributed by atoms with van der Waals surface area (Å²) in [5, 5.41) is 2.83. The van der Waals surface area contributed by atoms with Crippen molar-refractivity contribution in [3.63, 3.8) is 0 Å². The van der Waals surface area contributed by atoms with Crippen LogP contribution in [0.5, 0.6) is 5.75 Å². The first kappa shape index (κ1) is 20.9. The van der Waals surface area contributed by atoms with Crippen LogP contribution >= 0.6 is 0 Å². The molecule has 0 aromatic heterocycles. The van der Waals surface area contributed by atoms with Gasteiger partial charge in [-0.05, 0) is 47.9 Å². The van der Waals surface area contributed by atoms with Gasteiger partial charge in [0, 0.05) is 5.69 Å². The highest BCUT2D eigenvalue weighted by molar-refractivity contribution is 7.92. The van der Waals surface area contributed by atoms with Crippen LogP contribution < -0.4 is 14.4 Å². The summed E-state index contributed by atoms with van der Waals surface area (Å²) in [6, 6.07) is 22.6. The molecule has 0 bridgehead atoms. The second-order valence-electron chi connectivity index (χ2n) is 7.69. The largest absolute Gasteiger partial charge is 0.476 e. The Morgan fingerprint density at radius 2 is 1.61 bits per heavy atom. The van der Waals surface area contributed by atoms with E-state index in [2.05, 4.69) is 19.2 Å². The fourth-order valence-electron chi connectivity index (χ4n) is 3.46. The first-order chi connectivity index (χ1) is 14.9. The van der Waals surface area contributed by atoms with Gasteiger partial charge in [0.2, 0.25) is 0 Å². The zero-order valence-corrected chi connectivity index (χ0v) is 18.2. The van der Waals surface area contributed by atoms with E-state index >= 15 is 0 Å². The number of rotatable bonds is 5. The molecule has 1 N–H and O–H groups in total. The van der Waals surface area contributed by atoms with Gasteiger partial charge < -0.3 is 10.1 Å². The fraction of sp³-hybridized carbons (Fsp3) is 0.208. The molecule has 0 saturated carbocycles. The molecule has 31 heavy (non-hydrogen) atoms. The van der Waals surface area contributed by atoms with Crippen LogP contribution in [0.1, 0.15) is 25.3 Å². The summed E-state index contributed by atoms with van der Waals surface area (Å²) in [5.74, 6) is 0.336. The van der Waals surface area contributed by atoms with Crippen molar-refractivity contribution >= 4 is 27.3 Å². The summed E-state index contributed by atoms with van der Waals surface area (Å²) in [4.78, 5) is 13.1. The number of hydrogen-bond donors (Lipinski definition) is 1. The molecule has 0 spiro atoms. The lowest BCUT2D eigenvalue weighted by Gasteiger charge is -2.34. The van der Waals surface area contributed by atoms with Gasteiger partial charge in [-0.1, -0.05) is 56.3 Å². The number of anilines is 2.